The van der Waals surface area contributed by atoms with E-state index in [9.17, 15) is 24.6 Å². The van der Waals surface area contributed by atoms with Gasteiger partial charge >= 0.3 is 11.9 Å². The van der Waals surface area contributed by atoms with E-state index in [1.165, 1.54) is 12.1 Å². The fraction of sp³-hybridized carbons (Fsp3) is 0.471. The summed E-state index contributed by atoms with van der Waals surface area (Å²) in [6.45, 7) is 4.99. The normalized spacial score (nSPS) is 13.7. The van der Waals surface area contributed by atoms with Crippen molar-refractivity contribution >= 4 is 17.7 Å². The van der Waals surface area contributed by atoms with Gasteiger partial charge in [0.2, 0.25) is 6.29 Å². The van der Waals surface area contributed by atoms with E-state index in [0.717, 1.165) is 0 Å². The van der Waals surface area contributed by atoms with Gasteiger partial charge in [-0.15, -0.1) is 0 Å². The van der Waals surface area contributed by atoms with Crippen LogP contribution in [0.2, 0.25) is 0 Å². The highest BCUT2D eigenvalue weighted by atomic mass is 16.6. The summed E-state index contributed by atoms with van der Waals surface area (Å²) in [6, 6.07) is 7.90. The van der Waals surface area contributed by atoms with Crippen molar-refractivity contribution in [3.63, 3.8) is 0 Å². The summed E-state index contributed by atoms with van der Waals surface area (Å²) >= 11 is 0. The van der Waals surface area contributed by atoms with Gasteiger partial charge in [-0.2, -0.15) is 0 Å². The Kier molecular flexibility index (Phi) is 7.06. The van der Waals surface area contributed by atoms with Crippen LogP contribution in [0.4, 0.5) is 0 Å². The smallest absolute Gasteiger partial charge is 0.340 e. The second kappa shape index (κ2) is 8.56. The van der Waals surface area contributed by atoms with Gasteiger partial charge in [-0.05, 0) is 32.9 Å². The zero-order valence-corrected chi connectivity index (χ0v) is 13.9. The summed E-state index contributed by atoms with van der Waals surface area (Å²) in [4.78, 5) is 34.9. The Balaban J connectivity index is 2.46. The number of Topliss-reactive ketones (excluding diaryl/α,β-unsaturated/α-hetero) is 1. The molecule has 0 aliphatic carbocycles. The highest BCUT2D eigenvalue weighted by Crippen LogP contribution is 2.11. The number of ketones is 1. The number of hydrogen-bond acceptors (Lipinski definition) is 7. The van der Waals surface area contributed by atoms with Crippen LogP contribution in [-0.4, -0.2) is 45.9 Å². The van der Waals surface area contributed by atoms with Crippen molar-refractivity contribution in [1.29, 1.82) is 0 Å². The maximum absolute atomic E-state index is 11.7. The third-order valence-electron chi connectivity index (χ3n) is 2.76. The van der Waals surface area contributed by atoms with Crippen molar-refractivity contribution < 1.29 is 34.1 Å². The van der Waals surface area contributed by atoms with E-state index in [1.54, 1.807) is 39.0 Å². The minimum atomic E-state index is -1.87. The summed E-state index contributed by atoms with van der Waals surface area (Å²) in [5, 5.41) is 19.4. The molecular weight excluding hydrogens is 316 g/mol. The van der Waals surface area contributed by atoms with Gasteiger partial charge in [0.15, 0.2) is 0 Å². The predicted molar refractivity (Wildman–Crippen MR) is 84.0 cm³/mol. The third kappa shape index (κ3) is 7.34. The number of carbonyl (C=O) groups excluding carboxylic acids is 3. The Bertz CT molecular complexity index is 574. The SMILES string of the molecule is CC(C)(C)OC(=O)CC(=O)C[C@H](O)C(O)OC(=O)c1ccccc1. The van der Waals surface area contributed by atoms with Crippen molar-refractivity contribution in [3.8, 4) is 0 Å². The maximum atomic E-state index is 11.7. The van der Waals surface area contributed by atoms with Crippen molar-refractivity contribution in [2.45, 2.75) is 51.6 Å². The zero-order valence-electron chi connectivity index (χ0n) is 13.9. The zero-order chi connectivity index (χ0) is 18.3. The highest BCUT2D eigenvalue weighted by Gasteiger charge is 2.26. The highest BCUT2D eigenvalue weighted by molar-refractivity contribution is 5.96. The molecule has 1 rings (SSSR count). The summed E-state index contributed by atoms with van der Waals surface area (Å²) in [7, 11) is 0. The Morgan fingerprint density at radius 3 is 2.21 bits per heavy atom. The van der Waals surface area contributed by atoms with E-state index in [1.807, 2.05) is 0 Å². The van der Waals surface area contributed by atoms with Gasteiger partial charge in [0.1, 0.15) is 23.9 Å². The Morgan fingerprint density at radius 1 is 1.08 bits per heavy atom. The quantitative estimate of drug-likeness (QED) is 0.437. The fourth-order valence-corrected chi connectivity index (χ4v) is 1.78. The van der Waals surface area contributed by atoms with Crippen LogP contribution in [0.3, 0.4) is 0 Å². The molecule has 0 radical (unpaired) electrons. The molecule has 0 bridgehead atoms. The van der Waals surface area contributed by atoms with Gasteiger partial charge in [-0.1, -0.05) is 18.2 Å². The first-order valence-corrected chi connectivity index (χ1v) is 7.44. The Morgan fingerprint density at radius 2 is 1.67 bits per heavy atom. The molecule has 1 aromatic carbocycles. The van der Waals surface area contributed by atoms with Gasteiger partial charge in [0.25, 0.3) is 0 Å². The van der Waals surface area contributed by atoms with Gasteiger partial charge in [-0.25, -0.2) is 4.79 Å². The molecule has 0 amide bonds. The van der Waals surface area contributed by atoms with E-state index < -0.39 is 48.6 Å². The number of hydrogen-bond donors (Lipinski definition) is 2. The van der Waals surface area contributed by atoms with E-state index in [-0.39, 0.29) is 5.56 Å². The number of aliphatic hydroxyl groups is 2. The molecule has 0 aliphatic rings. The summed E-state index contributed by atoms with van der Waals surface area (Å²) in [6.07, 6.45) is -4.58. The van der Waals surface area contributed by atoms with Crippen LogP contribution in [0.15, 0.2) is 30.3 Å². The standard InChI is InChI=1S/C17H22O7/c1-17(2,3)24-14(20)10-12(18)9-13(19)16(22)23-15(21)11-7-5-4-6-8-11/h4-8,13,16,19,22H,9-10H2,1-3H3/t13-,16?/m0/s1. The second-order valence-corrected chi connectivity index (χ2v) is 6.24. The molecule has 0 spiro atoms. The summed E-state index contributed by atoms with van der Waals surface area (Å²) in [5.41, 5.74) is -0.524. The molecule has 2 atom stereocenters. The lowest BCUT2D eigenvalue weighted by molar-refractivity contribution is -0.158. The monoisotopic (exact) mass is 338 g/mol. The van der Waals surface area contributed by atoms with Crippen molar-refractivity contribution in [2.75, 3.05) is 0 Å². The number of carbonyl (C=O) groups is 3. The first-order chi connectivity index (χ1) is 11.1. The molecule has 0 fully saturated rings. The average molecular weight is 338 g/mol. The molecule has 7 nitrogen and oxygen atoms in total. The Labute approximate surface area is 140 Å². The molecule has 0 heterocycles. The maximum Gasteiger partial charge on any atom is 0.340 e. The number of aliphatic hydroxyl groups excluding tert-OH is 2. The molecule has 1 unspecified atom stereocenters. The van der Waals surface area contributed by atoms with Gasteiger partial charge in [-0.3, -0.25) is 9.59 Å². The van der Waals surface area contributed by atoms with Crippen molar-refractivity contribution in [2.24, 2.45) is 0 Å². The number of rotatable bonds is 7. The summed E-state index contributed by atoms with van der Waals surface area (Å²) in [5.74, 6) is -2.19. The van der Waals surface area contributed by atoms with Crippen LogP contribution in [0, 0.1) is 0 Å². The molecule has 0 aromatic heterocycles. The third-order valence-corrected chi connectivity index (χ3v) is 2.76. The molecular formula is C17H22O7. The molecule has 0 aliphatic heterocycles. The molecule has 132 valence electrons. The second-order valence-electron chi connectivity index (χ2n) is 6.24. The van der Waals surface area contributed by atoms with Crippen LogP contribution in [0.5, 0.6) is 0 Å². The lowest BCUT2D eigenvalue weighted by Gasteiger charge is -2.20. The fourth-order valence-electron chi connectivity index (χ4n) is 1.78. The molecule has 7 heteroatoms. The van der Waals surface area contributed by atoms with Crippen molar-refractivity contribution in [3.05, 3.63) is 35.9 Å². The first-order valence-electron chi connectivity index (χ1n) is 7.44. The summed E-state index contributed by atoms with van der Waals surface area (Å²) < 4.78 is 9.67. The first kappa shape index (κ1) is 19.8. The van der Waals surface area contributed by atoms with Crippen LogP contribution >= 0.6 is 0 Å². The molecule has 0 saturated heterocycles. The van der Waals surface area contributed by atoms with Crippen LogP contribution in [-0.2, 0) is 19.1 Å². The molecule has 0 saturated carbocycles. The van der Waals surface area contributed by atoms with Crippen LogP contribution < -0.4 is 0 Å². The van der Waals surface area contributed by atoms with Crippen LogP contribution in [0.1, 0.15) is 44.0 Å². The number of ether oxygens (including phenoxy) is 2. The molecule has 24 heavy (non-hydrogen) atoms. The van der Waals surface area contributed by atoms with E-state index >= 15 is 0 Å². The van der Waals surface area contributed by atoms with Gasteiger partial charge < -0.3 is 19.7 Å². The van der Waals surface area contributed by atoms with Gasteiger partial charge in [0.05, 0.1) is 5.56 Å². The molecule has 1 aromatic rings. The van der Waals surface area contributed by atoms with E-state index in [2.05, 4.69) is 4.74 Å². The Hall–Kier alpha value is -2.25. The topological polar surface area (TPSA) is 110 Å². The molecule has 2 N–H and O–H groups in total. The average Bonchev–Trinajstić information content (AvgIpc) is 2.45. The lowest BCUT2D eigenvalue weighted by Crippen LogP contribution is -2.34. The number of benzene rings is 1. The van der Waals surface area contributed by atoms with E-state index in [4.69, 9.17) is 4.74 Å². The largest absolute Gasteiger partial charge is 0.460 e. The minimum absolute atomic E-state index is 0.198. The van der Waals surface area contributed by atoms with Gasteiger partial charge in [0, 0.05) is 6.42 Å². The predicted octanol–water partition coefficient (Wildman–Crippen LogP) is 1.21. The van der Waals surface area contributed by atoms with Crippen molar-refractivity contribution in [1.82, 2.24) is 0 Å². The van der Waals surface area contributed by atoms with Crippen LogP contribution in [0.25, 0.3) is 0 Å². The number of esters is 2. The minimum Gasteiger partial charge on any atom is -0.460 e. The lowest BCUT2D eigenvalue weighted by atomic mass is 10.1. The van der Waals surface area contributed by atoms with E-state index in [0.29, 0.717) is 0 Å².